The van der Waals surface area contributed by atoms with Crippen LogP contribution in [0.1, 0.15) is 34.5 Å². The number of rotatable bonds is 5. The Morgan fingerprint density at radius 1 is 1.10 bits per heavy atom. The summed E-state index contributed by atoms with van der Waals surface area (Å²) in [5, 5.41) is 3.59. The van der Waals surface area contributed by atoms with Crippen LogP contribution in [-0.4, -0.2) is 58.7 Å². The number of nitrogens with zero attached hydrogens (tertiary/aromatic N) is 4. The van der Waals surface area contributed by atoms with Gasteiger partial charge in [-0.1, -0.05) is 6.07 Å². The summed E-state index contributed by atoms with van der Waals surface area (Å²) in [6.45, 7) is 2.52. The number of aromatic nitrogens is 2. The van der Waals surface area contributed by atoms with Gasteiger partial charge in [0.2, 0.25) is 0 Å². The van der Waals surface area contributed by atoms with Crippen LogP contribution in [0, 0.1) is 0 Å². The van der Waals surface area contributed by atoms with E-state index in [1.807, 2.05) is 0 Å². The molecule has 2 heterocycles. The van der Waals surface area contributed by atoms with E-state index in [9.17, 15) is 31.1 Å². The van der Waals surface area contributed by atoms with Crippen molar-refractivity contribution in [3.63, 3.8) is 0 Å². The molecule has 1 aliphatic rings. The Kier molecular flexibility index (Phi) is 6.11. The Hall–Kier alpha value is -2.56. The number of hydrogen-bond acceptors (Lipinski definition) is 3. The minimum atomic E-state index is -4.99. The van der Waals surface area contributed by atoms with Gasteiger partial charge in [0.25, 0.3) is 5.91 Å². The molecule has 0 unspecified atom stereocenters. The molecular weight excluding hydrogens is 414 g/mol. The van der Waals surface area contributed by atoms with Gasteiger partial charge in [-0.2, -0.15) is 31.4 Å². The predicted octanol–water partition coefficient (Wildman–Crippen LogP) is 4.08. The molecule has 0 radical (unpaired) electrons. The van der Waals surface area contributed by atoms with Crippen LogP contribution in [0.3, 0.4) is 0 Å². The fourth-order valence-electron chi connectivity index (χ4n) is 3.39. The van der Waals surface area contributed by atoms with Crippen molar-refractivity contribution in [1.29, 1.82) is 0 Å². The molecule has 164 valence electrons. The third-order valence-corrected chi connectivity index (χ3v) is 4.98. The Bertz CT molecular complexity index is 899. The fraction of sp³-hybridized carbons (Fsp3) is 0.474. The Labute approximate surface area is 168 Å². The molecule has 30 heavy (non-hydrogen) atoms. The van der Waals surface area contributed by atoms with E-state index in [0.29, 0.717) is 17.3 Å². The Morgan fingerprint density at radius 2 is 1.77 bits per heavy atom. The van der Waals surface area contributed by atoms with E-state index in [4.69, 9.17) is 0 Å². The summed E-state index contributed by atoms with van der Waals surface area (Å²) < 4.78 is 80.5. The molecule has 1 aliphatic heterocycles. The molecule has 5 nitrogen and oxygen atoms in total. The number of amides is 1. The first-order chi connectivity index (χ1) is 14.0. The second-order valence-corrected chi connectivity index (χ2v) is 7.14. The number of carbonyl (C=O) groups excluding carboxylic acids is 1. The van der Waals surface area contributed by atoms with Crippen LogP contribution < -0.4 is 0 Å². The van der Waals surface area contributed by atoms with Crippen LogP contribution >= 0.6 is 0 Å². The highest BCUT2D eigenvalue weighted by Gasteiger charge is 2.41. The van der Waals surface area contributed by atoms with Crippen molar-refractivity contribution in [2.24, 2.45) is 0 Å². The maximum atomic E-state index is 13.8. The predicted molar refractivity (Wildman–Crippen MR) is 96.2 cm³/mol. The Morgan fingerprint density at radius 3 is 2.37 bits per heavy atom. The molecule has 0 saturated carbocycles. The topological polar surface area (TPSA) is 41.4 Å². The van der Waals surface area contributed by atoms with Crippen molar-refractivity contribution in [2.45, 2.75) is 25.2 Å². The monoisotopic (exact) mass is 434 g/mol. The quantitative estimate of drug-likeness (QED) is 0.666. The molecule has 0 N–H and O–H groups in total. The van der Waals surface area contributed by atoms with Gasteiger partial charge in [-0.25, -0.2) is 4.68 Å². The molecule has 0 atom stereocenters. The number of carbonyl (C=O) groups is 1. The van der Waals surface area contributed by atoms with Gasteiger partial charge in [0.15, 0.2) is 5.69 Å². The smallest absolute Gasteiger partial charge is 0.340 e. The molecule has 0 bridgehead atoms. The van der Waals surface area contributed by atoms with Crippen molar-refractivity contribution in [1.82, 2.24) is 19.6 Å². The molecule has 1 amide bonds. The normalized spacial score (nSPS) is 15.6. The van der Waals surface area contributed by atoms with Crippen molar-refractivity contribution < 1.29 is 31.1 Å². The largest absolute Gasteiger partial charge is 0.434 e. The summed E-state index contributed by atoms with van der Waals surface area (Å²) in [6.07, 6.45) is -6.89. The molecule has 0 aliphatic carbocycles. The number of hydrogen-bond donors (Lipinski definition) is 0. The average Bonchev–Trinajstić information content (AvgIpc) is 3.34. The maximum Gasteiger partial charge on any atom is 0.434 e. The summed E-state index contributed by atoms with van der Waals surface area (Å²) in [5.41, 5.74) is -3.65. The Balaban J connectivity index is 1.91. The molecule has 1 fully saturated rings. The SMILES string of the molecule is CN(CCN1CCCC1)C(=O)c1cnn(-c2cccc(C(F)(F)F)c2)c1C(F)(F)F. The van der Waals surface area contributed by atoms with Gasteiger partial charge in [0.05, 0.1) is 23.0 Å². The minimum absolute atomic E-state index is 0.227. The van der Waals surface area contributed by atoms with E-state index < -0.39 is 40.8 Å². The zero-order valence-corrected chi connectivity index (χ0v) is 16.1. The summed E-state index contributed by atoms with van der Waals surface area (Å²) in [7, 11) is 1.39. The van der Waals surface area contributed by atoms with E-state index in [1.165, 1.54) is 11.9 Å². The van der Waals surface area contributed by atoms with Gasteiger partial charge >= 0.3 is 12.4 Å². The molecular formula is C19H20F6N4O. The first-order valence-corrected chi connectivity index (χ1v) is 9.29. The molecule has 1 aromatic heterocycles. The van der Waals surface area contributed by atoms with Crippen molar-refractivity contribution in [2.75, 3.05) is 33.2 Å². The van der Waals surface area contributed by atoms with Crippen molar-refractivity contribution in [3.8, 4) is 5.69 Å². The highest BCUT2D eigenvalue weighted by molar-refractivity contribution is 5.95. The van der Waals surface area contributed by atoms with Crippen LogP contribution in [0.25, 0.3) is 5.69 Å². The second-order valence-electron chi connectivity index (χ2n) is 7.14. The molecule has 11 heteroatoms. The zero-order valence-electron chi connectivity index (χ0n) is 16.1. The second kappa shape index (κ2) is 8.29. The lowest BCUT2D eigenvalue weighted by Crippen LogP contribution is -2.36. The molecule has 0 spiro atoms. The summed E-state index contributed by atoms with van der Waals surface area (Å²) >= 11 is 0. The first-order valence-electron chi connectivity index (χ1n) is 9.29. The number of benzene rings is 1. The minimum Gasteiger partial charge on any atom is -0.340 e. The summed E-state index contributed by atoms with van der Waals surface area (Å²) in [4.78, 5) is 15.9. The van der Waals surface area contributed by atoms with Gasteiger partial charge in [-0.05, 0) is 44.1 Å². The van der Waals surface area contributed by atoms with Gasteiger partial charge in [0.1, 0.15) is 0 Å². The molecule has 2 aromatic rings. The van der Waals surface area contributed by atoms with Crippen LogP contribution in [-0.2, 0) is 12.4 Å². The molecule has 3 rings (SSSR count). The fourth-order valence-corrected chi connectivity index (χ4v) is 3.39. The van der Waals surface area contributed by atoms with Crippen LogP contribution in [0.2, 0.25) is 0 Å². The summed E-state index contributed by atoms with van der Waals surface area (Å²) in [5.74, 6) is -0.889. The van der Waals surface area contributed by atoms with Gasteiger partial charge < -0.3 is 9.80 Å². The molecule has 1 aromatic carbocycles. The zero-order chi connectivity index (χ0) is 22.1. The van der Waals surface area contributed by atoms with E-state index in [0.717, 1.165) is 50.3 Å². The summed E-state index contributed by atoms with van der Waals surface area (Å²) in [6, 6.07) is 3.37. The highest BCUT2D eigenvalue weighted by Crippen LogP contribution is 2.36. The lowest BCUT2D eigenvalue weighted by molar-refractivity contribution is -0.143. The standard InChI is InChI=1S/C19H20F6N4O/c1-27(9-10-28-7-2-3-8-28)17(30)15-12-26-29(16(15)19(23,24)25)14-6-4-5-13(11-14)18(20,21)22/h4-6,11-12H,2-3,7-10H2,1H3. The van der Waals surface area contributed by atoms with E-state index in [2.05, 4.69) is 10.00 Å². The van der Waals surface area contributed by atoms with E-state index in [1.54, 1.807) is 0 Å². The van der Waals surface area contributed by atoms with Gasteiger partial charge in [-0.3, -0.25) is 4.79 Å². The van der Waals surface area contributed by atoms with E-state index >= 15 is 0 Å². The lowest BCUT2D eigenvalue weighted by atomic mass is 10.1. The van der Waals surface area contributed by atoms with Crippen molar-refractivity contribution >= 4 is 5.91 Å². The molecule has 1 saturated heterocycles. The van der Waals surface area contributed by atoms with Crippen LogP contribution in [0.15, 0.2) is 30.5 Å². The maximum absolute atomic E-state index is 13.8. The third kappa shape index (κ3) is 4.77. The van der Waals surface area contributed by atoms with Gasteiger partial charge in [0, 0.05) is 20.1 Å². The van der Waals surface area contributed by atoms with Crippen LogP contribution in [0.4, 0.5) is 26.3 Å². The lowest BCUT2D eigenvalue weighted by Gasteiger charge is -2.22. The number of halogens is 6. The van der Waals surface area contributed by atoms with Crippen LogP contribution in [0.5, 0.6) is 0 Å². The van der Waals surface area contributed by atoms with Crippen molar-refractivity contribution in [3.05, 3.63) is 47.3 Å². The average molecular weight is 434 g/mol. The number of likely N-dealkylation sites (N-methyl/N-ethyl adjacent to an activating group) is 1. The van der Waals surface area contributed by atoms with E-state index in [-0.39, 0.29) is 6.54 Å². The number of alkyl halides is 6. The number of likely N-dealkylation sites (tertiary alicyclic amines) is 1. The third-order valence-electron chi connectivity index (χ3n) is 4.98. The first kappa shape index (κ1) is 22.1. The highest BCUT2D eigenvalue weighted by atomic mass is 19.4. The van der Waals surface area contributed by atoms with Gasteiger partial charge in [-0.15, -0.1) is 0 Å².